The molecule has 1 N–H and O–H groups in total. The van der Waals surface area contributed by atoms with Crippen LogP contribution in [0.15, 0.2) is 34.8 Å². The Balaban J connectivity index is 1.86. The predicted molar refractivity (Wildman–Crippen MR) is 78.4 cm³/mol. The topological polar surface area (TPSA) is 37.9 Å². The molecule has 3 nitrogen and oxygen atoms in total. The van der Waals surface area contributed by atoms with E-state index in [1.165, 1.54) is 11.6 Å². The van der Waals surface area contributed by atoms with Crippen molar-refractivity contribution in [1.29, 1.82) is 0 Å². The molecule has 0 radical (unpaired) electrons. The van der Waals surface area contributed by atoms with Crippen molar-refractivity contribution in [2.75, 3.05) is 6.61 Å². The van der Waals surface area contributed by atoms with Crippen LogP contribution in [0.25, 0.3) is 22.4 Å². The van der Waals surface area contributed by atoms with E-state index in [0.29, 0.717) is 9.99 Å². The molecule has 100 valence electrons. The third-order valence-corrected chi connectivity index (χ3v) is 4.09. The summed E-state index contributed by atoms with van der Waals surface area (Å²) in [5, 5.41) is 0. The fraction of sp³-hybridized carbons (Fsp3) is 0.133. The quantitative estimate of drug-likeness (QED) is 0.729. The maximum Gasteiger partial charge on any atom is 0.139 e. The zero-order chi connectivity index (χ0) is 13.7. The fourth-order valence-corrected chi connectivity index (χ4v) is 2.81. The van der Waals surface area contributed by atoms with E-state index < -0.39 is 0 Å². The van der Waals surface area contributed by atoms with E-state index in [0.717, 1.165) is 35.7 Å². The molecule has 0 spiro atoms. The highest BCUT2D eigenvalue weighted by Gasteiger charge is 2.14. The average Bonchev–Trinajstić information content (AvgIpc) is 3.04. The van der Waals surface area contributed by atoms with Gasteiger partial charge in [0.05, 0.1) is 22.1 Å². The Hall–Kier alpha value is -1.88. The lowest BCUT2D eigenvalue weighted by Gasteiger charge is -2.01. The Morgan fingerprint density at radius 3 is 3.05 bits per heavy atom. The monoisotopic (exact) mass is 332 g/mol. The predicted octanol–water partition coefficient (Wildman–Crippen LogP) is 4.07. The minimum absolute atomic E-state index is 0.296. The molecule has 0 aliphatic carbocycles. The van der Waals surface area contributed by atoms with Gasteiger partial charge in [-0.3, -0.25) is 0 Å². The van der Waals surface area contributed by atoms with Crippen LogP contribution in [-0.2, 0) is 6.42 Å². The number of imidazole rings is 1. The van der Waals surface area contributed by atoms with Gasteiger partial charge in [0.25, 0.3) is 0 Å². The Morgan fingerprint density at radius 1 is 1.25 bits per heavy atom. The largest absolute Gasteiger partial charge is 0.493 e. The van der Waals surface area contributed by atoms with Gasteiger partial charge in [-0.1, -0.05) is 0 Å². The molecule has 1 aromatic heterocycles. The van der Waals surface area contributed by atoms with Crippen LogP contribution in [-0.4, -0.2) is 16.6 Å². The van der Waals surface area contributed by atoms with Gasteiger partial charge in [-0.05, 0) is 45.8 Å². The first kappa shape index (κ1) is 11.9. The minimum atomic E-state index is -0.296. The summed E-state index contributed by atoms with van der Waals surface area (Å²) in [7, 11) is 0. The number of hydrogen-bond acceptors (Lipinski definition) is 2. The van der Waals surface area contributed by atoms with Gasteiger partial charge in [0.2, 0.25) is 0 Å². The molecule has 2 aromatic carbocycles. The first-order chi connectivity index (χ1) is 9.70. The van der Waals surface area contributed by atoms with Gasteiger partial charge in [-0.25, -0.2) is 9.37 Å². The maximum absolute atomic E-state index is 13.5. The van der Waals surface area contributed by atoms with Gasteiger partial charge < -0.3 is 9.72 Å². The van der Waals surface area contributed by atoms with Crippen LogP contribution in [0.4, 0.5) is 4.39 Å². The molecular weight excluding hydrogens is 323 g/mol. The smallest absolute Gasteiger partial charge is 0.139 e. The normalized spacial score (nSPS) is 13.5. The van der Waals surface area contributed by atoms with Crippen LogP contribution in [0.2, 0.25) is 0 Å². The summed E-state index contributed by atoms with van der Waals surface area (Å²) in [5.41, 5.74) is 3.61. The number of ether oxygens (including phenoxy) is 1. The van der Waals surface area contributed by atoms with Crippen molar-refractivity contribution in [3.63, 3.8) is 0 Å². The van der Waals surface area contributed by atoms with E-state index in [-0.39, 0.29) is 5.82 Å². The molecule has 4 rings (SSSR count). The number of fused-ring (bicyclic) bond motifs is 2. The Labute approximate surface area is 122 Å². The lowest BCUT2D eigenvalue weighted by atomic mass is 10.1. The first-order valence-electron chi connectivity index (χ1n) is 6.31. The van der Waals surface area contributed by atoms with Crippen molar-refractivity contribution in [2.45, 2.75) is 6.42 Å². The first-order valence-corrected chi connectivity index (χ1v) is 7.11. The standard InChI is InChI=1S/C15H10BrFN2O/c16-10-6-12-13(7-11(10)17)19-15(18-12)9-1-2-14-8(5-9)3-4-20-14/h1-2,5-7H,3-4H2,(H,18,19). The van der Waals surface area contributed by atoms with E-state index in [9.17, 15) is 4.39 Å². The molecule has 0 amide bonds. The van der Waals surface area contributed by atoms with E-state index in [4.69, 9.17) is 4.74 Å². The van der Waals surface area contributed by atoms with Gasteiger partial charge in [0.1, 0.15) is 17.4 Å². The summed E-state index contributed by atoms with van der Waals surface area (Å²) < 4.78 is 19.4. The molecule has 0 unspecified atom stereocenters. The number of nitrogens with zero attached hydrogens (tertiary/aromatic N) is 1. The van der Waals surface area contributed by atoms with Crippen molar-refractivity contribution in [1.82, 2.24) is 9.97 Å². The van der Waals surface area contributed by atoms with Crippen molar-refractivity contribution >= 4 is 27.0 Å². The summed E-state index contributed by atoms with van der Waals surface area (Å²) >= 11 is 3.18. The highest BCUT2D eigenvalue weighted by atomic mass is 79.9. The molecule has 5 heteroatoms. The molecule has 0 saturated heterocycles. The number of rotatable bonds is 1. The molecule has 0 saturated carbocycles. The minimum Gasteiger partial charge on any atom is -0.493 e. The van der Waals surface area contributed by atoms with Crippen molar-refractivity contribution in [3.05, 3.63) is 46.2 Å². The third kappa shape index (κ3) is 1.81. The van der Waals surface area contributed by atoms with Crippen LogP contribution in [0, 0.1) is 5.82 Å². The van der Waals surface area contributed by atoms with E-state index in [1.54, 1.807) is 6.07 Å². The Morgan fingerprint density at radius 2 is 2.15 bits per heavy atom. The van der Waals surface area contributed by atoms with Crippen LogP contribution < -0.4 is 4.74 Å². The molecule has 1 aliphatic heterocycles. The molecule has 0 atom stereocenters. The Bertz CT molecular complexity index is 789. The van der Waals surface area contributed by atoms with Gasteiger partial charge in [-0.15, -0.1) is 0 Å². The molecule has 1 aliphatic rings. The second kappa shape index (κ2) is 4.31. The number of halogens is 2. The molecule has 20 heavy (non-hydrogen) atoms. The molecular formula is C15H10BrFN2O. The molecule has 2 heterocycles. The van der Waals surface area contributed by atoms with Gasteiger partial charge in [0.15, 0.2) is 0 Å². The van der Waals surface area contributed by atoms with E-state index in [1.807, 2.05) is 12.1 Å². The van der Waals surface area contributed by atoms with Crippen LogP contribution in [0.1, 0.15) is 5.56 Å². The maximum atomic E-state index is 13.5. The average molecular weight is 333 g/mol. The summed E-state index contributed by atoms with van der Waals surface area (Å²) in [6.07, 6.45) is 0.920. The van der Waals surface area contributed by atoms with Gasteiger partial charge in [0, 0.05) is 18.1 Å². The zero-order valence-electron chi connectivity index (χ0n) is 10.4. The van der Waals surface area contributed by atoms with Gasteiger partial charge in [-0.2, -0.15) is 0 Å². The SMILES string of the molecule is Fc1cc2[nH]c(-c3ccc4c(c3)CCO4)nc2cc1Br. The number of benzene rings is 2. The lowest BCUT2D eigenvalue weighted by molar-refractivity contribution is 0.357. The van der Waals surface area contributed by atoms with Crippen molar-refractivity contribution in [3.8, 4) is 17.1 Å². The lowest BCUT2D eigenvalue weighted by Crippen LogP contribution is -1.85. The summed E-state index contributed by atoms with van der Waals surface area (Å²) in [6, 6.07) is 9.13. The molecule has 0 fully saturated rings. The van der Waals surface area contributed by atoms with E-state index >= 15 is 0 Å². The number of H-pyrrole nitrogens is 1. The zero-order valence-corrected chi connectivity index (χ0v) is 12.0. The second-order valence-electron chi connectivity index (χ2n) is 4.79. The van der Waals surface area contributed by atoms with Crippen molar-refractivity contribution < 1.29 is 9.13 Å². The summed E-state index contributed by atoms with van der Waals surface area (Å²) in [6.45, 7) is 0.733. The third-order valence-electron chi connectivity index (χ3n) is 3.49. The van der Waals surface area contributed by atoms with E-state index in [2.05, 4.69) is 32.0 Å². The summed E-state index contributed by atoms with van der Waals surface area (Å²) in [5.74, 6) is 1.39. The number of nitrogens with one attached hydrogen (secondary N) is 1. The second-order valence-corrected chi connectivity index (χ2v) is 5.64. The van der Waals surface area contributed by atoms with Crippen molar-refractivity contribution in [2.24, 2.45) is 0 Å². The molecule has 0 bridgehead atoms. The highest BCUT2D eigenvalue weighted by Crippen LogP contribution is 2.31. The molecule has 3 aromatic rings. The highest BCUT2D eigenvalue weighted by molar-refractivity contribution is 9.10. The number of aromatic nitrogens is 2. The fourth-order valence-electron chi connectivity index (χ4n) is 2.48. The Kier molecular flexibility index (Phi) is 2.57. The van der Waals surface area contributed by atoms with Gasteiger partial charge >= 0.3 is 0 Å². The summed E-state index contributed by atoms with van der Waals surface area (Å²) in [4.78, 5) is 7.68. The van der Waals surface area contributed by atoms with Crippen LogP contribution >= 0.6 is 15.9 Å². The number of aromatic amines is 1. The van der Waals surface area contributed by atoms with Crippen LogP contribution in [0.5, 0.6) is 5.75 Å². The van der Waals surface area contributed by atoms with Crippen LogP contribution in [0.3, 0.4) is 0 Å². The number of hydrogen-bond donors (Lipinski definition) is 1.